The first-order chi connectivity index (χ1) is 15.0. The molecule has 0 spiro atoms. The van der Waals surface area contributed by atoms with Crippen LogP contribution >= 0.6 is 15.9 Å². The molecule has 2 aromatic carbocycles. The van der Waals surface area contributed by atoms with Crippen LogP contribution in [0.25, 0.3) is 0 Å². The lowest BCUT2D eigenvalue weighted by Crippen LogP contribution is -2.53. The van der Waals surface area contributed by atoms with Gasteiger partial charge >= 0.3 is 0 Å². The third-order valence-corrected chi connectivity index (χ3v) is 6.31. The van der Waals surface area contributed by atoms with Crippen LogP contribution in [0.4, 0.5) is 0 Å². The SMILES string of the molecule is BrCc1ccccc1.C[C@@H]1CN(Cc2ccccc2)[C@@H](C)CN1.C[C@@H]1CN[C@@H](C)CN1. The minimum absolute atomic E-state index is 0.616. The summed E-state index contributed by atoms with van der Waals surface area (Å²) in [4.78, 5) is 2.55. The molecule has 172 valence electrons. The van der Waals surface area contributed by atoms with Gasteiger partial charge in [-0.3, -0.25) is 4.90 Å². The largest absolute Gasteiger partial charge is 0.311 e. The van der Waals surface area contributed by atoms with Crippen LogP contribution in [0.1, 0.15) is 38.8 Å². The van der Waals surface area contributed by atoms with Crippen LogP contribution in [0.5, 0.6) is 0 Å². The Morgan fingerprint density at radius 3 is 1.65 bits per heavy atom. The normalized spacial score (nSPS) is 26.1. The summed E-state index contributed by atoms with van der Waals surface area (Å²) in [5.41, 5.74) is 2.74. The molecule has 0 aliphatic carbocycles. The summed E-state index contributed by atoms with van der Waals surface area (Å²) in [6.45, 7) is 14.5. The second-order valence-corrected chi connectivity index (χ2v) is 9.37. The molecular weight excluding hydrogens is 448 g/mol. The van der Waals surface area contributed by atoms with Gasteiger partial charge in [0.15, 0.2) is 0 Å². The lowest BCUT2D eigenvalue weighted by atomic mass is 10.1. The van der Waals surface area contributed by atoms with Gasteiger partial charge in [-0.25, -0.2) is 0 Å². The Balaban J connectivity index is 0.000000181. The van der Waals surface area contributed by atoms with Crippen molar-refractivity contribution in [3.05, 3.63) is 71.8 Å². The number of rotatable bonds is 3. The lowest BCUT2D eigenvalue weighted by molar-refractivity contribution is 0.139. The van der Waals surface area contributed by atoms with E-state index < -0.39 is 0 Å². The van der Waals surface area contributed by atoms with Gasteiger partial charge in [0.05, 0.1) is 0 Å². The second kappa shape index (κ2) is 14.8. The molecule has 2 aliphatic heterocycles. The molecule has 2 fully saturated rings. The van der Waals surface area contributed by atoms with Crippen LogP contribution in [-0.2, 0) is 11.9 Å². The van der Waals surface area contributed by atoms with E-state index in [4.69, 9.17) is 0 Å². The highest BCUT2D eigenvalue weighted by molar-refractivity contribution is 9.08. The zero-order valence-electron chi connectivity index (χ0n) is 19.7. The number of nitrogens with zero attached hydrogens (tertiary/aromatic N) is 1. The van der Waals surface area contributed by atoms with Crippen molar-refractivity contribution in [1.82, 2.24) is 20.9 Å². The minimum Gasteiger partial charge on any atom is -0.311 e. The molecule has 2 saturated heterocycles. The smallest absolute Gasteiger partial charge is 0.0283 e. The predicted octanol–water partition coefficient (Wildman–Crippen LogP) is 4.41. The summed E-state index contributed by atoms with van der Waals surface area (Å²) in [7, 11) is 0. The fourth-order valence-corrected chi connectivity index (χ4v) is 3.98. The van der Waals surface area contributed by atoms with Gasteiger partial charge in [0.25, 0.3) is 0 Å². The predicted molar refractivity (Wildman–Crippen MR) is 138 cm³/mol. The number of piperazine rings is 2. The second-order valence-electron chi connectivity index (χ2n) is 8.81. The molecule has 4 nitrogen and oxygen atoms in total. The Labute approximate surface area is 198 Å². The van der Waals surface area contributed by atoms with Crippen molar-refractivity contribution in [3.63, 3.8) is 0 Å². The molecule has 0 saturated carbocycles. The molecule has 0 bridgehead atoms. The topological polar surface area (TPSA) is 39.3 Å². The van der Waals surface area contributed by atoms with E-state index in [-0.39, 0.29) is 0 Å². The molecule has 0 amide bonds. The molecule has 2 heterocycles. The number of hydrogen-bond acceptors (Lipinski definition) is 4. The zero-order chi connectivity index (χ0) is 22.5. The monoisotopic (exact) mass is 488 g/mol. The Kier molecular flexibility index (Phi) is 12.4. The minimum atomic E-state index is 0.616. The first kappa shape index (κ1) is 26.0. The van der Waals surface area contributed by atoms with E-state index in [2.05, 4.69) is 107 Å². The van der Waals surface area contributed by atoms with E-state index >= 15 is 0 Å². The molecule has 0 radical (unpaired) electrons. The van der Waals surface area contributed by atoms with Crippen LogP contribution < -0.4 is 16.0 Å². The Morgan fingerprint density at radius 1 is 0.710 bits per heavy atom. The first-order valence-corrected chi connectivity index (χ1v) is 12.7. The highest BCUT2D eigenvalue weighted by Gasteiger charge is 2.21. The van der Waals surface area contributed by atoms with Gasteiger partial charge in [-0.1, -0.05) is 76.6 Å². The molecule has 2 aromatic rings. The molecule has 0 aromatic heterocycles. The van der Waals surface area contributed by atoms with Crippen molar-refractivity contribution in [2.24, 2.45) is 0 Å². The number of benzene rings is 2. The third kappa shape index (κ3) is 10.8. The van der Waals surface area contributed by atoms with Gasteiger partial charge < -0.3 is 16.0 Å². The number of nitrogens with one attached hydrogen (secondary N) is 3. The van der Waals surface area contributed by atoms with Crippen LogP contribution in [0.15, 0.2) is 60.7 Å². The zero-order valence-corrected chi connectivity index (χ0v) is 21.2. The maximum absolute atomic E-state index is 3.51. The van der Waals surface area contributed by atoms with Crippen LogP contribution in [0.2, 0.25) is 0 Å². The van der Waals surface area contributed by atoms with E-state index in [1.165, 1.54) is 11.1 Å². The number of hydrogen-bond donors (Lipinski definition) is 3. The third-order valence-electron chi connectivity index (χ3n) is 5.66. The molecule has 4 rings (SSSR count). The summed E-state index contributed by atoms with van der Waals surface area (Å²) in [5.74, 6) is 0. The standard InChI is InChI=1S/C13H20N2.C7H7Br.C6H14N2/c1-11-9-15(12(2)8-14-11)10-13-6-4-3-5-7-13;8-6-7-4-2-1-3-5-7;1-5-3-8-6(2)4-7-5/h3-7,11-12,14H,8-10H2,1-2H3;1-5H,6H2;5-8H,3-4H2,1-2H3/t11-,12+;;5-,6+/m1../s1. The van der Waals surface area contributed by atoms with Gasteiger partial charge in [0.2, 0.25) is 0 Å². The summed E-state index contributed by atoms with van der Waals surface area (Å²) >= 11 is 3.36. The average Bonchev–Trinajstić information content (AvgIpc) is 2.80. The van der Waals surface area contributed by atoms with Crippen LogP contribution in [0, 0.1) is 0 Å². The molecule has 0 unspecified atom stereocenters. The molecule has 31 heavy (non-hydrogen) atoms. The van der Waals surface area contributed by atoms with Crippen LogP contribution in [-0.4, -0.2) is 55.2 Å². The maximum atomic E-state index is 3.51. The van der Waals surface area contributed by atoms with Gasteiger partial charge in [-0.05, 0) is 38.8 Å². The van der Waals surface area contributed by atoms with Gasteiger partial charge in [0, 0.05) is 62.2 Å². The van der Waals surface area contributed by atoms with E-state index in [0.717, 1.165) is 38.1 Å². The van der Waals surface area contributed by atoms with E-state index in [9.17, 15) is 0 Å². The highest BCUT2D eigenvalue weighted by atomic mass is 79.9. The molecule has 2 aliphatic rings. The summed E-state index contributed by atoms with van der Waals surface area (Å²) < 4.78 is 0. The summed E-state index contributed by atoms with van der Waals surface area (Å²) in [5, 5.41) is 11.2. The highest BCUT2D eigenvalue weighted by Crippen LogP contribution is 2.11. The Bertz CT molecular complexity index is 679. The molecular formula is C26H41BrN4. The van der Waals surface area contributed by atoms with E-state index in [1.54, 1.807) is 0 Å². The van der Waals surface area contributed by atoms with Crippen molar-refractivity contribution in [2.45, 2.75) is 63.7 Å². The average molecular weight is 490 g/mol. The van der Waals surface area contributed by atoms with Crippen molar-refractivity contribution in [2.75, 3.05) is 26.2 Å². The van der Waals surface area contributed by atoms with Crippen molar-refractivity contribution in [3.8, 4) is 0 Å². The maximum Gasteiger partial charge on any atom is 0.0283 e. The Morgan fingerprint density at radius 2 is 1.19 bits per heavy atom. The van der Waals surface area contributed by atoms with E-state index in [0.29, 0.717) is 24.2 Å². The van der Waals surface area contributed by atoms with Crippen molar-refractivity contribution < 1.29 is 0 Å². The molecule has 3 N–H and O–H groups in total. The van der Waals surface area contributed by atoms with Gasteiger partial charge in [0.1, 0.15) is 0 Å². The van der Waals surface area contributed by atoms with E-state index in [1.807, 2.05) is 18.2 Å². The van der Waals surface area contributed by atoms with Gasteiger partial charge in [-0.15, -0.1) is 0 Å². The summed E-state index contributed by atoms with van der Waals surface area (Å²) in [6.07, 6.45) is 0. The van der Waals surface area contributed by atoms with Crippen LogP contribution in [0.3, 0.4) is 0 Å². The lowest BCUT2D eigenvalue weighted by Gasteiger charge is -2.37. The number of alkyl halides is 1. The quantitative estimate of drug-likeness (QED) is 0.559. The molecule has 5 heteroatoms. The van der Waals surface area contributed by atoms with Crippen molar-refractivity contribution in [1.29, 1.82) is 0 Å². The fraction of sp³-hybridized carbons (Fsp3) is 0.538. The molecule has 4 atom stereocenters. The fourth-order valence-electron chi connectivity index (χ4n) is 3.60. The van der Waals surface area contributed by atoms with Gasteiger partial charge in [-0.2, -0.15) is 0 Å². The van der Waals surface area contributed by atoms with Crippen molar-refractivity contribution >= 4 is 15.9 Å². The number of halogens is 1. The first-order valence-electron chi connectivity index (χ1n) is 11.6. The summed E-state index contributed by atoms with van der Waals surface area (Å²) in [6, 6.07) is 23.6. The Hall–Kier alpha value is -1.24.